The van der Waals surface area contributed by atoms with Crippen LogP contribution in [0, 0.1) is 6.92 Å². The topological polar surface area (TPSA) is 35.0 Å². The standard InChI is InChI=1S/C18H18N2O/c1-12(14-8-10-15(21-3)11-9-14)18-16-6-4-5-7-17(16)19-13(2)20-18/h4-12H,1-3H3. The molecule has 0 bridgehead atoms. The molecule has 0 aliphatic heterocycles. The van der Waals surface area contributed by atoms with E-state index in [4.69, 9.17) is 4.74 Å². The molecule has 2 aromatic carbocycles. The van der Waals surface area contributed by atoms with E-state index in [2.05, 4.69) is 35.1 Å². The maximum atomic E-state index is 5.22. The van der Waals surface area contributed by atoms with Gasteiger partial charge >= 0.3 is 0 Å². The summed E-state index contributed by atoms with van der Waals surface area (Å²) < 4.78 is 5.22. The predicted molar refractivity (Wildman–Crippen MR) is 84.8 cm³/mol. The van der Waals surface area contributed by atoms with Gasteiger partial charge in [-0.25, -0.2) is 9.97 Å². The van der Waals surface area contributed by atoms with Crippen molar-refractivity contribution in [3.05, 3.63) is 65.6 Å². The van der Waals surface area contributed by atoms with Crippen molar-refractivity contribution in [3.63, 3.8) is 0 Å². The van der Waals surface area contributed by atoms with Crippen molar-refractivity contribution in [3.8, 4) is 5.75 Å². The van der Waals surface area contributed by atoms with Gasteiger partial charge in [0.25, 0.3) is 0 Å². The molecule has 0 aliphatic carbocycles. The summed E-state index contributed by atoms with van der Waals surface area (Å²) in [6, 6.07) is 16.3. The predicted octanol–water partition coefficient (Wildman–Crippen LogP) is 4.10. The number of nitrogens with zero attached hydrogens (tertiary/aromatic N) is 2. The van der Waals surface area contributed by atoms with E-state index in [0.717, 1.165) is 28.2 Å². The lowest BCUT2D eigenvalue weighted by Crippen LogP contribution is -2.03. The highest BCUT2D eigenvalue weighted by atomic mass is 16.5. The molecule has 3 rings (SSSR count). The molecule has 106 valence electrons. The summed E-state index contributed by atoms with van der Waals surface area (Å²) in [4.78, 5) is 9.19. The maximum Gasteiger partial charge on any atom is 0.126 e. The van der Waals surface area contributed by atoms with E-state index in [1.54, 1.807) is 7.11 Å². The molecule has 0 N–H and O–H groups in total. The Morgan fingerprint density at radius 1 is 0.952 bits per heavy atom. The highest BCUT2D eigenvalue weighted by Crippen LogP contribution is 2.29. The largest absolute Gasteiger partial charge is 0.497 e. The van der Waals surface area contributed by atoms with Crippen molar-refractivity contribution in [1.82, 2.24) is 9.97 Å². The Bertz CT molecular complexity index is 766. The normalized spacial score (nSPS) is 12.3. The monoisotopic (exact) mass is 278 g/mol. The molecule has 1 heterocycles. The third kappa shape index (κ3) is 2.59. The molecule has 0 radical (unpaired) electrons. The van der Waals surface area contributed by atoms with Crippen LogP contribution in [-0.2, 0) is 0 Å². The molecule has 0 aliphatic rings. The number of hydrogen-bond acceptors (Lipinski definition) is 3. The molecule has 21 heavy (non-hydrogen) atoms. The summed E-state index contributed by atoms with van der Waals surface area (Å²) in [5.74, 6) is 1.89. The van der Waals surface area contributed by atoms with Crippen molar-refractivity contribution < 1.29 is 4.74 Å². The summed E-state index contributed by atoms with van der Waals surface area (Å²) in [5.41, 5.74) is 3.29. The fourth-order valence-electron chi connectivity index (χ4n) is 2.60. The Labute approximate surface area is 124 Å². The number of aryl methyl sites for hydroxylation is 1. The third-order valence-corrected chi connectivity index (χ3v) is 3.77. The van der Waals surface area contributed by atoms with Crippen LogP contribution in [0.5, 0.6) is 5.75 Å². The van der Waals surface area contributed by atoms with Gasteiger partial charge in [0, 0.05) is 11.3 Å². The van der Waals surface area contributed by atoms with Gasteiger partial charge in [-0.2, -0.15) is 0 Å². The molecule has 3 nitrogen and oxygen atoms in total. The first-order chi connectivity index (χ1) is 10.2. The minimum absolute atomic E-state index is 0.211. The minimum atomic E-state index is 0.211. The molecule has 0 fully saturated rings. The fourth-order valence-corrected chi connectivity index (χ4v) is 2.60. The second kappa shape index (κ2) is 5.52. The van der Waals surface area contributed by atoms with Crippen LogP contribution >= 0.6 is 0 Å². The summed E-state index contributed by atoms with van der Waals surface area (Å²) in [6.07, 6.45) is 0. The molecule has 0 saturated heterocycles. The summed E-state index contributed by atoms with van der Waals surface area (Å²) in [5, 5.41) is 1.12. The van der Waals surface area contributed by atoms with Crippen LogP contribution in [-0.4, -0.2) is 17.1 Å². The number of fused-ring (bicyclic) bond motifs is 1. The molecule has 3 aromatic rings. The van der Waals surface area contributed by atoms with Crippen molar-refractivity contribution in [1.29, 1.82) is 0 Å². The Kier molecular flexibility index (Phi) is 3.57. The van der Waals surface area contributed by atoms with Gasteiger partial charge in [-0.3, -0.25) is 0 Å². The molecule has 1 aromatic heterocycles. The lowest BCUT2D eigenvalue weighted by atomic mass is 9.94. The van der Waals surface area contributed by atoms with E-state index in [0.29, 0.717) is 0 Å². The molecule has 0 amide bonds. The van der Waals surface area contributed by atoms with Crippen LogP contribution in [0.3, 0.4) is 0 Å². The molecule has 0 spiro atoms. The van der Waals surface area contributed by atoms with Crippen molar-refractivity contribution in [2.45, 2.75) is 19.8 Å². The average Bonchev–Trinajstić information content (AvgIpc) is 2.53. The maximum absolute atomic E-state index is 5.22. The number of ether oxygens (including phenoxy) is 1. The molecular weight excluding hydrogens is 260 g/mol. The Hall–Kier alpha value is -2.42. The van der Waals surface area contributed by atoms with Crippen molar-refractivity contribution in [2.24, 2.45) is 0 Å². The van der Waals surface area contributed by atoms with E-state index in [9.17, 15) is 0 Å². The van der Waals surface area contributed by atoms with Gasteiger partial charge in [-0.15, -0.1) is 0 Å². The van der Waals surface area contributed by atoms with Gasteiger partial charge < -0.3 is 4.74 Å². The van der Waals surface area contributed by atoms with Crippen molar-refractivity contribution in [2.75, 3.05) is 7.11 Å². The first-order valence-electron chi connectivity index (χ1n) is 7.06. The fraction of sp³-hybridized carbons (Fsp3) is 0.222. The van der Waals surface area contributed by atoms with E-state index in [-0.39, 0.29) is 5.92 Å². The second-order valence-corrected chi connectivity index (χ2v) is 5.17. The van der Waals surface area contributed by atoms with Crippen LogP contribution < -0.4 is 4.74 Å². The zero-order valence-corrected chi connectivity index (χ0v) is 12.5. The first kappa shape index (κ1) is 13.6. The summed E-state index contributed by atoms with van der Waals surface area (Å²) in [6.45, 7) is 4.12. The third-order valence-electron chi connectivity index (χ3n) is 3.77. The summed E-state index contributed by atoms with van der Waals surface area (Å²) in [7, 11) is 1.68. The van der Waals surface area contributed by atoms with Crippen molar-refractivity contribution >= 4 is 10.9 Å². The molecule has 1 atom stereocenters. The van der Waals surface area contributed by atoms with E-state index >= 15 is 0 Å². The smallest absolute Gasteiger partial charge is 0.126 e. The quantitative estimate of drug-likeness (QED) is 0.723. The highest BCUT2D eigenvalue weighted by molar-refractivity contribution is 5.81. The number of para-hydroxylation sites is 1. The lowest BCUT2D eigenvalue weighted by molar-refractivity contribution is 0.414. The van der Waals surface area contributed by atoms with E-state index in [1.807, 2.05) is 37.3 Å². The number of hydrogen-bond donors (Lipinski definition) is 0. The molecule has 1 unspecified atom stereocenters. The summed E-state index contributed by atoms with van der Waals surface area (Å²) >= 11 is 0. The van der Waals surface area contributed by atoms with Crippen LogP contribution in [0.25, 0.3) is 10.9 Å². The van der Waals surface area contributed by atoms with Gasteiger partial charge in [-0.05, 0) is 30.7 Å². The Morgan fingerprint density at radius 2 is 1.67 bits per heavy atom. The van der Waals surface area contributed by atoms with Crippen LogP contribution in [0.2, 0.25) is 0 Å². The number of methoxy groups -OCH3 is 1. The molecular formula is C18H18N2O. The SMILES string of the molecule is COc1ccc(C(C)c2nc(C)nc3ccccc23)cc1. The van der Waals surface area contributed by atoms with Crippen LogP contribution in [0.15, 0.2) is 48.5 Å². The highest BCUT2D eigenvalue weighted by Gasteiger charge is 2.14. The molecule has 3 heteroatoms. The Balaban J connectivity index is 2.09. The lowest BCUT2D eigenvalue weighted by Gasteiger charge is -2.15. The average molecular weight is 278 g/mol. The van der Waals surface area contributed by atoms with Gasteiger partial charge in [0.1, 0.15) is 11.6 Å². The van der Waals surface area contributed by atoms with E-state index < -0.39 is 0 Å². The Morgan fingerprint density at radius 3 is 2.38 bits per heavy atom. The number of aromatic nitrogens is 2. The minimum Gasteiger partial charge on any atom is -0.497 e. The second-order valence-electron chi connectivity index (χ2n) is 5.17. The van der Waals surface area contributed by atoms with Gasteiger partial charge in [0.15, 0.2) is 0 Å². The van der Waals surface area contributed by atoms with Gasteiger partial charge in [-0.1, -0.05) is 37.3 Å². The van der Waals surface area contributed by atoms with Gasteiger partial charge in [0.2, 0.25) is 0 Å². The van der Waals surface area contributed by atoms with E-state index in [1.165, 1.54) is 5.56 Å². The van der Waals surface area contributed by atoms with Crippen LogP contribution in [0.1, 0.15) is 29.9 Å². The van der Waals surface area contributed by atoms with Gasteiger partial charge in [0.05, 0.1) is 18.3 Å². The number of rotatable bonds is 3. The molecule has 0 saturated carbocycles. The first-order valence-corrected chi connectivity index (χ1v) is 7.06. The zero-order chi connectivity index (χ0) is 14.8. The zero-order valence-electron chi connectivity index (χ0n) is 12.5. The van der Waals surface area contributed by atoms with Crippen LogP contribution in [0.4, 0.5) is 0 Å². The number of benzene rings is 2.